The molecular formula is C12H26N2O2. The average Bonchev–Trinajstić information content (AvgIpc) is 1.97. The van der Waals surface area contributed by atoms with Gasteiger partial charge in [-0.1, -0.05) is 6.92 Å². The Morgan fingerprint density at radius 2 is 1.56 bits per heavy atom. The number of amides is 1. The van der Waals surface area contributed by atoms with Crippen LogP contribution in [0.2, 0.25) is 0 Å². The third kappa shape index (κ3) is 6.67. The molecule has 0 spiro atoms. The van der Waals surface area contributed by atoms with Crippen LogP contribution in [0.3, 0.4) is 0 Å². The van der Waals surface area contributed by atoms with Crippen molar-refractivity contribution in [3.63, 3.8) is 0 Å². The Balaban J connectivity index is 0.000000385. The van der Waals surface area contributed by atoms with E-state index < -0.39 is 6.09 Å². The van der Waals surface area contributed by atoms with Crippen LogP contribution in [0.1, 0.15) is 47.5 Å². The zero-order valence-electron chi connectivity index (χ0n) is 11.4. The van der Waals surface area contributed by atoms with Gasteiger partial charge in [0.05, 0.1) is 7.11 Å². The number of methoxy groups -OCH3 is 1. The summed E-state index contributed by atoms with van der Waals surface area (Å²) in [5.74, 6) is 0.862. The van der Waals surface area contributed by atoms with Gasteiger partial charge in [0.15, 0.2) is 0 Å². The molecule has 3 N–H and O–H groups in total. The maximum Gasteiger partial charge on any atom is 0.404 e. The predicted octanol–water partition coefficient (Wildman–Crippen LogP) is 2.27. The van der Waals surface area contributed by atoms with Crippen LogP contribution in [-0.4, -0.2) is 24.3 Å². The molecule has 1 aliphatic heterocycles. The van der Waals surface area contributed by atoms with Crippen molar-refractivity contribution >= 4 is 6.09 Å². The van der Waals surface area contributed by atoms with Crippen molar-refractivity contribution in [3.05, 3.63) is 0 Å². The number of carbonyl (C=O) groups excluding carboxylic acids is 1. The lowest BCUT2D eigenvalue weighted by Crippen LogP contribution is -2.57. The first-order valence-electron chi connectivity index (χ1n) is 5.71. The first-order chi connectivity index (χ1) is 7.08. The van der Waals surface area contributed by atoms with Crippen molar-refractivity contribution in [2.45, 2.75) is 58.5 Å². The van der Waals surface area contributed by atoms with Crippen molar-refractivity contribution in [1.29, 1.82) is 0 Å². The van der Waals surface area contributed by atoms with Crippen LogP contribution in [0.4, 0.5) is 4.79 Å². The standard InChI is InChI=1S/C10H21N.C2H5NO2/c1-8-6-9(2,3)11-10(4,5)7-8;1-5-2(3)4/h8,11H,6-7H2,1-5H3;1H3,(H2,3,4). The second kappa shape index (κ2) is 5.53. The Kier molecular flexibility index (Phi) is 5.26. The van der Waals surface area contributed by atoms with Crippen LogP contribution in [0.15, 0.2) is 0 Å². The van der Waals surface area contributed by atoms with Crippen LogP contribution in [0.25, 0.3) is 0 Å². The van der Waals surface area contributed by atoms with Gasteiger partial charge in [0.25, 0.3) is 0 Å². The lowest BCUT2D eigenvalue weighted by molar-refractivity contribution is 0.138. The van der Waals surface area contributed by atoms with E-state index in [1.807, 2.05) is 0 Å². The monoisotopic (exact) mass is 230 g/mol. The fourth-order valence-corrected chi connectivity index (χ4v) is 2.83. The Morgan fingerprint density at radius 1 is 1.25 bits per heavy atom. The van der Waals surface area contributed by atoms with Gasteiger partial charge in [-0.15, -0.1) is 0 Å². The summed E-state index contributed by atoms with van der Waals surface area (Å²) in [5, 5.41) is 3.66. The first-order valence-corrected chi connectivity index (χ1v) is 5.71. The molecule has 0 saturated carbocycles. The fraction of sp³-hybridized carbons (Fsp3) is 0.917. The molecule has 4 nitrogen and oxygen atoms in total. The van der Waals surface area contributed by atoms with E-state index in [2.05, 4.69) is 50.4 Å². The van der Waals surface area contributed by atoms with Crippen LogP contribution in [0, 0.1) is 5.92 Å². The van der Waals surface area contributed by atoms with Crippen LogP contribution < -0.4 is 11.1 Å². The Morgan fingerprint density at radius 3 is 1.75 bits per heavy atom. The number of piperidine rings is 1. The summed E-state index contributed by atoms with van der Waals surface area (Å²) in [6.45, 7) is 11.5. The predicted molar refractivity (Wildman–Crippen MR) is 66.3 cm³/mol. The molecule has 1 fully saturated rings. The van der Waals surface area contributed by atoms with E-state index in [4.69, 9.17) is 0 Å². The fourth-order valence-electron chi connectivity index (χ4n) is 2.83. The van der Waals surface area contributed by atoms with Gasteiger partial charge in [0, 0.05) is 11.1 Å². The molecule has 96 valence electrons. The van der Waals surface area contributed by atoms with Crippen LogP contribution >= 0.6 is 0 Å². The molecule has 0 aromatic carbocycles. The summed E-state index contributed by atoms with van der Waals surface area (Å²) < 4.78 is 3.89. The minimum atomic E-state index is -0.745. The summed E-state index contributed by atoms with van der Waals surface area (Å²) in [5.41, 5.74) is 5.10. The minimum absolute atomic E-state index is 0.334. The Hall–Kier alpha value is -0.770. The second-order valence-corrected chi connectivity index (χ2v) is 5.93. The van der Waals surface area contributed by atoms with Crippen molar-refractivity contribution in [2.75, 3.05) is 7.11 Å². The smallest absolute Gasteiger partial charge is 0.404 e. The highest BCUT2D eigenvalue weighted by Gasteiger charge is 2.35. The van der Waals surface area contributed by atoms with E-state index in [-0.39, 0.29) is 0 Å². The van der Waals surface area contributed by atoms with E-state index in [0.717, 1.165) is 5.92 Å². The van der Waals surface area contributed by atoms with Gasteiger partial charge in [-0.05, 0) is 46.5 Å². The largest absolute Gasteiger partial charge is 0.453 e. The topological polar surface area (TPSA) is 64.3 Å². The number of primary amides is 1. The maximum absolute atomic E-state index is 9.37. The quantitative estimate of drug-likeness (QED) is 0.671. The lowest BCUT2D eigenvalue weighted by Gasteiger charge is -2.45. The normalized spacial score (nSPS) is 22.9. The molecule has 0 aromatic rings. The van der Waals surface area contributed by atoms with Gasteiger partial charge in [-0.3, -0.25) is 0 Å². The van der Waals surface area contributed by atoms with Crippen molar-refractivity contribution in [3.8, 4) is 0 Å². The van der Waals surface area contributed by atoms with Gasteiger partial charge in [-0.25, -0.2) is 4.79 Å². The molecule has 1 amide bonds. The molecule has 1 saturated heterocycles. The molecule has 0 radical (unpaired) electrons. The highest BCUT2D eigenvalue weighted by atomic mass is 16.5. The van der Waals surface area contributed by atoms with Crippen molar-refractivity contribution in [2.24, 2.45) is 11.7 Å². The molecule has 0 aromatic heterocycles. The molecule has 4 heteroatoms. The summed E-state index contributed by atoms with van der Waals surface area (Å²) in [4.78, 5) is 9.37. The number of hydrogen-bond donors (Lipinski definition) is 2. The maximum atomic E-state index is 9.37. The molecule has 16 heavy (non-hydrogen) atoms. The SMILES string of the molecule is CC1CC(C)(C)NC(C)(C)C1.COC(N)=O. The molecule has 1 heterocycles. The molecule has 0 atom stereocenters. The van der Waals surface area contributed by atoms with E-state index in [9.17, 15) is 4.79 Å². The van der Waals surface area contributed by atoms with E-state index in [0.29, 0.717) is 11.1 Å². The number of nitrogens with two attached hydrogens (primary N) is 1. The van der Waals surface area contributed by atoms with Gasteiger partial charge < -0.3 is 15.8 Å². The van der Waals surface area contributed by atoms with Crippen molar-refractivity contribution in [1.82, 2.24) is 5.32 Å². The molecule has 0 aliphatic carbocycles. The summed E-state index contributed by atoms with van der Waals surface area (Å²) in [6, 6.07) is 0. The van der Waals surface area contributed by atoms with Gasteiger partial charge in [-0.2, -0.15) is 0 Å². The molecule has 0 unspecified atom stereocenters. The van der Waals surface area contributed by atoms with E-state index >= 15 is 0 Å². The summed E-state index contributed by atoms with van der Waals surface area (Å²) >= 11 is 0. The van der Waals surface area contributed by atoms with Gasteiger partial charge in [0.1, 0.15) is 0 Å². The average molecular weight is 230 g/mol. The third-order valence-corrected chi connectivity index (χ3v) is 2.60. The summed E-state index contributed by atoms with van der Waals surface area (Å²) in [7, 11) is 1.22. The highest BCUT2D eigenvalue weighted by molar-refractivity contribution is 5.64. The van der Waals surface area contributed by atoms with Crippen LogP contribution in [-0.2, 0) is 4.74 Å². The number of hydrogen-bond acceptors (Lipinski definition) is 3. The number of rotatable bonds is 0. The Bertz CT molecular complexity index is 221. The molecule has 1 rings (SSSR count). The number of carbonyl (C=O) groups is 1. The lowest BCUT2D eigenvalue weighted by atomic mass is 9.77. The van der Waals surface area contributed by atoms with E-state index in [1.54, 1.807) is 0 Å². The summed E-state index contributed by atoms with van der Waals surface area (Å²) in [6.07, 6.45) is 1.86. The zero-order valence-corrected chi connectivity index (χ0v) is 11.4. The molecular weight excluding hydrogens is 204 g/mol. The number of ether oxygens (including phenoxy) is 1. The van der Waals surface area contributed by atoms with Crippen molar-refractivity contribution < 1.29 is 9.53 Å². The second-order valence-electron chi connectivity index (χ2n) is 5.93. The third-order valence-electron chi connectivity index (χ3n) is 2.60. The highest BCUT2D eigenvalue weighted by Crippen LogP contribution is 2.31. The van der Waals surface area contributed by atoms with Crippen LogP contribution in [0.5, 0.6) is 0 Å². The molecule has 1 aliphatic rings. The van der Waals surface area contributed by atoms with E-state index in [1.165, 1.54) is 20.0 Å². The first kappa shape index (κ1) is 15.2. The Labute approximate surface area is 98.9 Å². The number of nitrogens with one attached hydrogen (secondary N) is 1. The van der Waals surface area contributed by atoms with Gasteiger partial charge >= 0.3 is 6.09 Å². The van der Waals surface area contributed by atoms with Gasteiger partial charge in [0.2, 0.25) is 0 Å². The molecule has 0 bridgehead atoms. The zero-order chi connectivity index (χ0) is 13.0. The minimum Gasteiger partial charge on any atom is -0.453 e.